The third-order valence-electron chi connectivity index (χ3n) is 4.68. The number of nitrogens with one attached hydrogen (secondary N) is 1. The number of benzene rings is 3. The summed E-state index contributed by atoms with van der Waals surface area (Å²) in [7, 11) is 1.62. The van der Waals surface area contributed by atoms with Crippen LogP contribution in [-0.2, 0) is 14.3 Å². The van der Waals surface area contributed by atoms with Crippen LogP contribution in [-0.4, -0.2) is 30.9 Å². The van der Waals surface area contributed by atoms with Crippen molar-refractivity contribution in [3.05, 3.63) is 77.9 Å². The predicted octanol–water partition coefficient (Wildman–Crippen LogP) is 4.63. The second kappa shape index (κ2) is 9.71. The fourth-order valence-electron chi connectivity index (χ4n) is 2.96. The fourth-order valence-corrected chi connectivity index (χ4v) is 2.96. The molecule has 0 heterocycles. The Labute approximate surface area is 180 Å². The van der Waals surface area contributed by atoms with Crippen LogP contribution >= 0.6 is 0 Å². The van der Waals surface area contributed by atoms with Gasteiger partial charge in [0.2, 0.25) is 0 Å². The second-order valence-electron chi connectivity index (χ2n) is 7.01. The second-order valence-corrected chi connectivity index (χ2v) is 7.01. The van der Waals surface area contributed by atoms with Gasteiger partial charge in [0.05, 0.1) is 7.11 Å². The Morgan fingerprint density at radius 1 is 0.968 bits per heavy atom. The molecule has 0 saturated carbocycles. The van der Waals surface area contributed by atoms with Gasteiger partial charge in [0.1, 0.15) is 5.75 Å². The minimum absolute atomic E-state index is 0.103. The van der Waals surface area contributed by atoms with Gasteiger partial charge in [-0.15, -0.1) is 0 Å². The molecular weight excluding hydrogens is 394 g/mol. The molecule has 0 aliphatic carbocycles. The molecule has 0 aliphatic rings. The van der Waals surface area contributed by atoms with E-state index in [0.717, 1.165) is 22.1 Å². The summed E-state index contributed by atoms with van der Waals surface area (Å²) >= 11 is 0. The first-order chi connectivity index (χ1) is 14.9. The largest absolute Gasteiger partial charge is 0.497 e. The highest BCUT2D eigenvalue weighted by atomic mass is 16.5. The molecule has 6 heteroatoms. The Hall–Kier alpha value is -3.93. The number of carbonyl (C=O) groups excluding carboxylic acids is 3. The quantitative estimate of drug-likeness (QED) is 0.344. The average Bonchev–Trinajstić information content (AvgIpc) is 2.77. The first-order valence-electron chi connectivity index (χ1n) is 9.74. The molecule has 0 bridgehead atoms. The smallest absolute Gasteiger partial charge is 0.331 e. The van der Waals surface area contributed by atoms with Gasteiger partial charge in [-0.25, -0.2) is 4.79 Å². The van der Waals surface area contributed by atoms with Crippen molar-refractivity contribution in [2.24, 2.45) is 0 Å². The summed E-state index contributed by atoms with van der Waals surface area (Å²) in [5.41, 5.74) is 1.77. The van der Waals surface area contributed by atoms with Crippen LogP contribution < -0.4 is 10.1 Å². The van der Waals surface area contributed by atoms with E-state index < -0.39 is 18.0 Å². The van der Waals surface area contributed by atoms with Crippen molar-refractivity contribution in [2.75, 3.05) is 12.4 Å². The summed E-state index contributed by atoms with van der Waals surface area (Å²) in [5, 5.41) is 4.68. The summed E-state index contributed by atoms with van der Waals surface area (Å²) in [6, 6.07) is 18.1. The predicted molar refractivity (Wildman–Crippen MR) is 120 cm³/mol. The standard InChI is InChI=1S/C25H23NO5/c1-16(27)19-5-4-6-22(14-19)26-25(29)17(2)31-24(28)12-8-18-7-9-21-15-23(30-3)11-10-20(21)13-18/h4-15,17H,1-3H3,(H,26,29)/b12-8+/t17-/m1/s1. The van der Waals surface area contributed by atoms with E-state index in [1.165, 1.54) is 19.9 Å². The number of amides is 1. The fraction of sp³-hybridized carbons (Fsp3) is 0.160. The van der Waals surface area contributed by atoms with Gasteiger partial charge in [0.25, 0.3) is 5.91 Å². The SMILES string of the molecule is COc1ccc2cc(/C=C/C(=O)O[C@H](C)C(=O)Nc3cccc(C(C)=O)c3)ccc2c1. The number of hydrogen-bond donors (Lipinski definition) is 1. The van der Waals surface area contributed by atoms with Crippen LogP contribution in [0.3, 0.4) is 0 Å². The van der Waals surface area contributed by atoms with E-state index in [1.807, 2.05) is 36.4 Å². The number of hydrogen-bond acceptors (Lipinski definition) is 5. The molecule has 31 heavy (non-hydrogen) atoms. The third-order valence-corrected chi connectivity index (χ3v) is 4.68. The van der Waals surface area contributed by atoms with Crippen LogP contribution in [0.1, 0.15) is 29.8 Å². The monoisotopic (exact) mass is 417 g/mol. The van der Waals surface area contributed by atoms with Crippen LogP contribution in [0.25, 0.3) is 16.8 Å². The van der Waals surface area contributed by atoms with Gasteiger partial charge in [-0.3, -0.25) is 9.59 Å². The maximum atomic E-state index is 12.3. The van der Waals surface area contributed by atoms with Crippen LogP contribution in [0.15, 0.2) is 66.7 Å². The maximum absolute atomic E-state index is 12.3. The molecule has 1 atom stereocenters. The summed E-state index contributed by atoms with van der Waals surface area (Å²) < 4.78 is 10.4. The van der Waals surface area contributed by atoms with Crippen LogP contribution in [0.5, 0.6) is 5.75 Å². The minimum atomic E-state index is -0.998. The number of fused-ring (bicyclic) bond motifs is 1. The van der Waals surface area contributed by atoms with Crippen molar-refractivity contribution >= 4 is 40.2 Å². The van der Waals surface area contributed by atoms with E-state index >= 15 is 0 Å². The van der Waals surface area contributed by atoms with Gasteiger partial charge in [-0.2, -0.15) is 0 Å². The number of ketones is 1. The molecule has 0 radical (unpaired) electrons. The number of Topliss-reactive ketones (excluding diaryl/α,β-unsaturated/α-hetero) is 1. The number of carbonyl (C=O) groups is 3. The van der Waals surface area contributed by atoms with Gasteiger partial charge in [-0.05, 0) is 66.6 Å². The third kappa shape index (κ3) is 5.79. The van der Waals surface area contributed by atoms with Crippen molar-refractivity contribution in [3.8, 4) is 5.75 Å². The molecule has 0 fully saturated rings. The maximum Gasteiger partial charge on any atom is 0.331 e. The molecule has 3 aromatic rings. The van der Waals surface area contributed by atoms with Gasteiger partial charge >= 0.3 is 5.97 Å². The molecule has 1 amide bonds. The molecule has 0 unspecified atom stereocenters. The molecule has 0 saturated heterocycles. The average molecular weight is 417 g/mol. The lowest BCUT2D eigenvalue weighted by atomic mass is 10.1. The van der Waals surface area contributed by atoms with E-state index in [-0.39, 0.29) is 5.78 Å². The number of anilines is 1. The van der Waals surface area contributed by atoms with Crippen molar-refractivity contribution < 1.29 is 23.9 Å². The summed E-state index contributed by atoms with van der Waals surface area (Å²) in [5.74, 6) is -0.440. The number of rotatable bonds is 7. The molecule has 6 nitrogen and oxygen atoms in total. The highest BCUT2D eigenvalue weighted by Crippen LogP contribution is 2.22. The Balaban J connectivity index is 1.59. The number of ether oxygens (including phenoxy) is 2. The van der Waals surface area contributed by atoms with E-state index in [4.69, 9.17) is 9.47 Å². The van der Waals surface area contributed by atoms with Crippen LogP contribution in [0, 0.1) is 0 Å². The molecule has 158 valence electrons. The van der Waals surface area contributed by atoms with Crippen molar-refractivity contribution in [1.29, 1.82) is 0 Å². The lowest BCUT2D eigenvalue weighted by molar-refractivity contribution is -0.148. The number of esters is 1. The molecule has 0 spiro atoms. The Kier molecular flexibility index (Phi) is 6.82. The zero-order chi connectivity index (χ0) is 22.4. The molecule has 1 N–H and O–H groups in total. The van der Waals surface area contributed by atoms with Crippen molar-refractivity contribution in [2.45, 2.75) is 20.0 Å². The van der Waals surface area contributed by atoms with Gasteiger partial charge in [0, 0.05) is 17.3 Å². The minimum Gasteiger partial charge on any atom is -0.497 e. The zero-order valence-electron chi connectivity index (χ0n) is 17.5. The van der Waals surface area contributed by atoms with Crippen LogP contribution in [0.4, 0.5) is 5.69 Å². The summed E-state index contributed by atoms with van der Waals surface area (Å²) in [6.07, 6.45) is 1.92. The normalized spacial score (nSPS) is 11.8. The van der Waals surface area contributed by atoms with E-state index in [9.17, 15) is 14.4 Å². The topological polar surface area (TPSA) is 81.7 Å². The highest BCUT2D eigenvalue weighted by Gasteiger charge is 2.17. The van der Waals surface area contributed by atoms with E-state index in [0.29, 0.717) is 11.3 Å². The molecule has 0 aromatic heterocycles. The summed E-state index contributed by atoms with van der Waals surface area (Å²) in [6.45, 7) is 2.93. The Morgan fingerprint density at radius 3 is 2.45 bits per heavy atom. The van der Waals surface area contributed by atoms with Gasteiger partial charge < -0.3 is 14.8 Å². The van der Waals surface area contributed by atoms with Gasteiger partial charge in [-0.1, -0.05) is 30.3 Å². The first-order valence-corrected chi connectivity index (χ1v) is 9.74. The molecular formula is C25H23NO5. The molecule has 3 rings (SSSR count). The Morgan fingerprint density at radius 2 is 1.71 bits per heavy atom. The van der Waals surface area contributed by atoms with Gasteiger partial charge in [0.15, 0.2) is 11.9 Å². The van der Waals surface area contributed by atoms with E-state index in [1.54, 1.807) is 37.5 Å². The summed E-state index contributed by atoms with van der Waals surface area (Å²) in [4.78, 5) is 35.9. The van der Waals surface area contributed by atoms with Crippen LogP contribution in [0.2, 0.25) is 0 Å². The first kappa shape index (κ1) is 21.8. The highest BCUT2D eigenvalue weighted by molar-refractivity contribution is 5.99. The lowest BCUT2D eigenvalue weighted by Gasteiger charge is -2.12. The van der Waals surface area contributed by atoms with Crippen molar-refractivity contribution in [1.82, 2.24) is 0 Å². The van der Waals surface area contributed by atoms with Crippen molar-refractivity contribution in [3.63, 3.8) is 0 Å². The molecule has 0 aliphatic heterocycles. The molecule has 3 aromatic carbocycles. The van der Waals surface area contributed by atoms with E-state index in [2.05, 4.69) is 5.32 Å². The number of methoxy groups -OCH3 is 1. The zero-order valence-corrected chi connectivity index (χ0v) is 17.5. The Bertz CT molecular complexity index is 1170. The lowest BCUT2D eigenvalue weighted by Crippen LogP contribution is -2.29.